The molecule has 0 bridgehead atoms. The van der Waals surface area contributed by atoms with Crippen LogP contribution in [0.1, 0.15) is 27.9 Å². The van der Waals surface area contributed by atoms with Gasteiger partial charge in [-0.2, -0.15) is 0 Å². The molecule has 0 fully saturated rings. The molecule has 2 amide bonds. The highest BCUT2D eigenvalue weighted by Gasteiger charge is 2.14. The smallest absolute Gasteiger partial charge is 0.339 e. The van der Waals surface area contributed by atoms with Crippen molar-refractivity contribution in [1.82, 2.24) is 0 Å². The maximum Gasteiger partial charge on any atom is 0.339 e. The number of methoxy groups -OCH3 is 1. The number of amides is 2. The van der Waals surface area contributed by atoms with Crippen LogP contribution in [-0.4, -0.2) is 18.9 Å². The summed E-state index contributed by atoms with van der Waals surface area (Å²) < 4.78 is 10.5. The summed E-state index contributed by atoms with van der Waals surface area (Å²) in [6, 6.07) is 11.6. The normalized spacial score (nSPS) is 10.6. The molecule has 0 spiro atoms. The fraction of sp³-hybridized carbons (Fsp3) is 0.190. The highest BCUT2D eigenvalue weighted by molar-refractivity contribution is 5.94. The van der Waals surface area contributed by atoms with Crippen molar-refractivity contribution in [1.29, 1.82) is 0 Å². The van der Waals surface area contributed by atoms with Crippen molar-refractivity contribution in [3.8, 4) is 5.75 Å². The molecule has 0 radical (unpaired) electrons. The Hall–Kier alpha value is -3.61. The second-order valence-electron chi connectivity index (χ2n) is 6.34. The van der Waals surface area contributed by atoms with Crippen molar-refractivity contribution < 1.29 is 18.7 Å². The standard InChI is InChI=1S/C21H20N2O5/c1-12-16-8-7-15(27-2)11-18(16)28-21(26)17(12)9-10-19(24)23-14-5-3-13(4-6-14)20(22)25/h3-8,11H,9-10H2,1-2H3,(H2,22,25)(H,23,24). The molecular weight excluding hydrogens is 360 g/mol. The quantitative estimate of drug-likeness (QED) is 0.639. The minimum atomic E-state index is -0.533. The molecule has 3 rings (SSSR count). The number of primary amides is 1. The molecule has 0 aliphatic rings. The molecule has 28 heavy (non-hydrogen) atoms. The van der Waals surface area contributed by atoms with E-state index in [1.54, 1.807) is 31.4 Å². The molecule has 0 unspecified atom stereocenters. The zero-order valence-corrected chi connectivity index (χ0v) is 15.6. The van der Waals surface area contributed by atoms with E-state index in [1.807, 2.05) is 13.0 Å². The molecule has 0 aliphatic carbocycles. The summed E-state index contributed by atoms with van der Waals surface area (Å²) in [6.45, 7) is 1.83. The van der Waals surface area contributed by atoms with Crippen LogP contribution in [0.15, 0.2) is 51.7 Å². The van der Waals surface area contributed by atoms with Gasteiger partial charge in [-0.05, 0) is 55.3 Å². The minimum Gasteiger partial charge on any atom is -0.497 e. The molecule has 1 aromatic heterocycles. The minimum absolute atomic E-state index is 0.116. The SMILES string of the molecule is COc1ccc2c(C)c(CCC(=O)Nc3ccc(C(N)=O)cc3)c(=O)oc2c1. The number of benzene rings is 2. The van der Waals surface area contributed by atoms with Crippen LogP contribution in [0.2, 0.25) is 0 Å². The van der Waals surface area contributed by atoms with E-state index in [2.05, 4.69) is 5.32 Å². The number of anilines is 1. The fourth-order valence-corrected chi connectivity index (χ4v) is 2.97. The number of rotatable bonds is 6. The van der Waals surface area contributed by atoms with Crippen LogP contribution in [0.25, 0.3) is 11.0 Å². The molecule has 1 heterocycles. The number of ether oxygens (including phenoxy) is 1. The Morgan fingerprint density at radius 2 is 1.86 bits per heavy atom. The van der Waals surface area contributed by atoms with E-state index in [0.29, 0.717) is 28.1 Å². The number of nitrogens with one attached hydrogen (secondary N) is 1. The second-order valence-corrected chi connectivity index (χ2v) is 6.34. The third kappa shape index (κ3) is 4.03. The van der Waals surface area contributed by atoms with Gasteiger partial charge in [0.25, 0.3) is 0 Å². The van der Waals surface area contributed by atoms with Gasteiger partial charge in [0, 0.05) is 34.7 Å². The van der Waals surface area contributed by atoms with Gasteiger partial charge in [0.15, 0.2) is 0 Å². The predicted molar refractivity (Wildman–Crippen MR) is 106 cm³/mol. The monoisotopic (exact) mass is 380 g/mol. The topological polar surface area (TPSA) is 112 Å². The Morgan fingerprint density at radius 3 is 2.50 bits per heavy atom. The summed E-state index contributed by atoms with van der Waals surface area (Å²) in [7, 11) is 1.54. The van der Waals surface area contributed by atoms with Gasteiger partial charge in [-0.1, -0.05) is 0 Å². The lowest BCUT2D eigenvalue weighted by Crippen LogP contribution is -2.17. The molecule has 7 heteroatoms. The highest BCUT2D eigenvalue weighted by Crippen LogP contribution is 2.24. The van der Waals surface area contributed by atoms with Crippen molar-refractivity contribution in [2.75, 3.05) is 12.4 Å². The molecule has 0 aliphatic heterocycles. The lowest BCUT2D eigenvalue weighted by molar-refractivity contribution is -0.116. The van der Waals surface area contributed by atoms with Gasteiger partial charge in [-0.3, -0.25) is 9.59 Å². The molecule has 3 aromatic rings. The second kappa shape index (κ2) is 7.96. The first kappa shape index (κ1) is 19.2. The van der Waals surface area contributed by atoms with Gasteiger partial charge in [0.05, 0.1) is 7.11 Å². The average Bonchev–Trinajstić information content (AvgIpc) is 2.67. The first-order valence-corrected chi connectivity index (χ1v) is 8.69. The number of carbonyl (C=O) groups excluding carboxylic acids is 2. The van der Waals surface area contributed by atoms with Gasteiger partial charge >= 0.3 is 5.63 Å². The van der Waals surface area contributed by atoms with Gasteiger partial charge in [-0.25, -0.2) is 4.79 Å². The number of hydrogen-bond acceptors (Lipinski definition) is 5. The van der Waals surface area contributed by atoms with Crippen molar-refractivity contribution in [2.24, 2.45) is 5.73 Å². The van der Waals surface area contributed by atoms with Crippen LogP contribution in [0.5, 0.6) is 5.75 Å². The average molecular weight is 380 g/mol. The third-order valence-corrected chi connectivity index (χ3v) is 4.55. The molecule has 0 saturated carbocycles. The van der Waals surface area contributed by atoms with Crippen LogP contribution in [0, 0.1) is 6.92 Å². The van der Waals surface area contributed by atoms with Crippen molar-refractivity contribution in [3.63, 3.8) is 0 Å². The summed E-state index contributed by atoms with van der Waals surface area (Å²) >= 11 is 0. The van der Waals surface area contributed by atoms with Gasteiger partial charge in [0.2, 0.25) is 11.8 Å². The summed E-state index contributed by atoms with van der Waals surface area (Å²) in [5.41, 5.74) is 7.34. The molecule has 0 saturated heterocycles. The van der Waals surface area contributed by atoms with Crippen LogP contribution in [-0.2, 0) is 11.2 Å². The predicted octanol–water partition coefficient (Wildman–Crippen LogP) is 2.78. The summed E-state index contributed by atoms with van der Waals surface area (Å²) in [6.07, 6.45) is 0.367. The van der Waals surface area contributed by atoms with E-state index >= 15 is 0 Å². The van der Waals surface area contributed by atoms with E-state index in [-0.39, 0.29) is 18.7 Å². The molecular formula is C21H20N2O5. The van der Waals surface area contributed by atoms with E-state index in [9.17, 15) is 14.4 Å². The van der Waals surface area contributed by atoms with E-state index in [4.69, 9.17) is 14.9 Å². The zero-order valence-electron chi connectivity index (χ0n) is 15.6. The van der Waals surface area contributed by atoms with Gasteiger partial charge < -0.3 is 20.2 Å². The lowest BCUT2D eigenvalue weighted by atomic mass is 10.0. The summed E-state index contributed by atoms with van der Waals surface area (Å²) in [5.74, 6) is -0.181. The Bertz CT molecular complexity index is 1100. The van der Waals surface area contributed by atoms with Gasteiger partial charge in [0.1, 0.15) is 11.3 Å². The highest BCUT2D eigenvalue weighted by atomic mass is 16.5. The maximum absolute atomic E-state index is 12.3. The largest absolute Gasteiger partial charge is 0.497 e. The number of carbonyl (C=O) groups is 2. The molecule has 0 atom stereocenters. The zero-order chi connectivity index (χ0) is 20.3. The first-order chi connectivity index (χ1) is 13.4. The van der Waals surface area contributed by atoms with Crippen LogP contribution < -0.4 is 21.4 Å². The summed E-state index contributed by atoms with van der Waals surface area (Å²) in [5, 5.41) is 3.53. The maximum atomic E-state index is 12.3. The molecule has 3 N–H and O–H groups in total. The molecule has 2 aromatic carbocycles. The lowest BCUT2D eigenvalue weighted by Gasteiger charge is -2.09. The number of fused-ring (bicyclic) bond motifs is 1. The third-order valence-electron chi connectivity index (χ3n) is 4.55. The van der Waals surface area contributed by atoms with Crippen LogP contribution in [0.3, 0.4) is 0 Å². The van der Waals surface area contributed by atoms with Crippen molar-refractivity contribution in [3.05, 3.63) is 69.6 Å². The molecule has 7 nitrogen and oxygen atoms in total. The number of hydrogen-bond donors (Lipinski definition) is 2. The van der Waals surface area contributed by atoms with Crippen LogP contribution >= 0.6 is 0 Å². The number of nitrogens with two attached hydrogens (primary N) is 1. The van der Waals surface area contributed by atoms with Gasteiger partial charge in [-0.15, -0.1) is 0 Å². The Balaban J connectivity index is 1.73. The first-order valence-electron chi connectivity index (χ1n) is 8.69. The van der Waals surface area contributed by atoms with E-state index in [1.165, 1.54) is 12.1 Å². The number of aryl methyl sites for hydroxylation is 1. The Labute approximate surface area is 161 Å². The fourth-order valence-electron chi connectivity index (χ4n) is 2.97. The van der Waals surface area contributed by atoms with Crippen LogP contribution in [0.4, 0.5) is 5.69 Å². The molecule has 144 valence electrons. The Morgan fingerprint density at radius 1 is 1.14 bits per heavy atom. The van der Waals surface area contributed by atoms with Crippen molar-refractivity contribution >= 4 is 28.5 Å². The van der Waals surface area contributed by atoms with E-state index in [0.717, 1.165) is 10.9 Å². The van der Waals surface area contributed by atoms with E-state index < -0.39 is 11.5 Å². The summed E-state index contributed by atoms with van der Waals surface area (Å²) in [4.78, 5) is 35.6. The Kier molecular flexibility index (Phi) is 5.44. The van der Waals surface area contributed by atoms with Crippen molar-refractivity contribution in [2.45, 2.75) is 19.8 Å².